The van der Waals surface area contributed by atoms with E-state index in [4.69, 9.17) is 16.3 Å². The zero-order valence-electron chi connectivity index (χ0n) is 17.3. The number of hydrogen-bond acceptors (Lipinski definition) is 7. The summed E-state index contributed by atoms with van der Waals surface area (Å²) in [5.74, 6) is 2.26. The first-order valence-electron chi connectivity index (χ1n) is 10.3. The van der Waals surface area contributed by atoms with Crippen molar-refractivity contribution in [2.24, 2.45) is 18.9 Å². The zero-order valence-corrected chi connectivity index (χ0v) is 18.1. The highest BCUT2D eigenvalue weighted by Crippen LogP contribution is 2.39. The number of halogens is 2. The molecular formula is C21H23ClFN7O. The van der Waals surface area contributed by atoms with Crippen LogP contribution in [0.5, 0.6) is 11.8 Å². The summed E-state index contributed by atoms with van der Waals surface area (Å²) >= 11 is 5.91. The van der Waals surface area contributed by atoms with Crippen molar-refractivity contribution in [3.8, 4) is 11.8 Å². The first kappa shape index (κ1) is 20.0. The van der Waals surface area contributed by atoms with Crippen LogP contribution in [-0.4, -0.2) is 43.9 Å². The molecule has 1 N–H and O–H groups in total. The average molecular weight is 444 g/mol. The van der Waals surface area contributed by atoms with Gasteiger partial charge in [0.2, 0.25) is 5.95 Å². The predicted molar refractivity (Wildman–Crippen MR) is 115 cm³/mol. The zero-order chi connectivity index (χ0) is 21.5. The number of rotatable bonds is 5. The van der Waals surface area contributed by atoms with E-state index in [2.05, 4.69) is 30.3 Å². The number of hydrogen-bond donors (Lipinski definition) is 1. The maximum absolute atomic E-state index is 13.6. The molecule has 0 amide bonds. The predicted octanol–water partition coefficient (Wildman–Crippen LogP) is 3.83. The molecule has 1 aromatic carbocycles. The fourth-order valence-electron chi connectivity index (χ4n) is 4.62. The minimum atomic E-state index is -0.467. The standard InChI is InChI=1S/C21H23ClFN7O/c1-12-5-18(25-11-24-12)30-9-13-3-4-14(10-30)19(13)26-20-27-21(29(2)28-20)31-17-7-15(22)6-16(23)8-17/h5-8,11,13-14,19H,3-4,9-10H2,1-2H3,(H,26,28)/t13-,14+,19?. The molecule has 3 atom stereocenters. The van der Waals surface area contributed by atoms with Crippen LogP contribution < -0.4 is 15.0 Å². The molecule has 3 heterocycles. The summed E-state index contributed by atoms with van der Waals surface area (Å²) in [5.41, 5.74) is 0.974. The third-order valence-corrected chi connectivity index (χ3v) is 6.23. The second kappa shape index (κ2) is 7.96. The van der Waals surface area contributed by atoms with Gasteiger partial charge in [-0.15, -0.1) is 5.10 Å². The number of benzene rings is 1. The number of fused-ring (bicyclic) bond motifs is 2. The van der Waals surface area contributed by atoms with Crippen molar-refractivity contribution in [2.75, 3.05) is 23.3 Å². The highest BCUT2D eigenvalue weighted by Gasteiger charge is 2.43. The van der Waals surface area contributed by atoms with Gasteiger partial charge in [-0.1, -0.05) is 11.6 Å². The molecule has 2 fully saturated rings. The third-order valence-electron chi connectivity index (χ3n) is 6.01. The highest BCUT2D eigenvalue weighted by molar-refractivity contribution is 6.30. The van der Waals surface area contributed by atoms with Gasteiger partial charge in [-0.05, 0) is 43.7 Å². The van der Waals surface area contributed by atoms with Gasteiger partial charge in [-0.25, -0.2) is 19.0 Å². The Labute approximate surface area is 184 Å². The summed E-state index contributed by atoms with van der Waals surface area (Å²) in [7, 11) is 1.74. The largest absolute Gasteiger partial charge is 0.424 e. The lowest BCUT2D eigenvalue weighted by Crippen LogP contribution is -2.48. The monoisotopic (exact) mass is 443 g/mol. The van der Waals surface area contributed by atoms with E-state index >= 15 is 0 Å². The lowest BCUT2D eigenvalue weighted by atomic mass is 9.92. The molecule has 10 heteroatoms. The van der Waals surface area contributed by atoms with Crippen LogP contribution in [-0.2, 0) is 7.05 Å². The molecule has 1 aliphatic heterocycles. The van der Waals surface area contributed by atoms with Crippen LogP contribution in [0, 0.1) is 24.6 Å². The van der Waals surface area contributed by atoms with E-state index in [1.54, 1.807) is 13.4 Å². The van der Waals surface area contributed by atoms with Crippen LogP contribution in [0.15, 0.2) is 30.6 Å². The molecule has 3 aromatic rings. The van der Waals surface area contributed by atoms with E-state index in [-0.39, 0.29) is 22.8 Å². The molecule has 0 radical (unpaired) electrons. The van der Waals surface area contributed by atoms with Gasteiger partial charge in [0.15, 0.2) is 0 Å². The van der Waals surface area contributed by atoms with Crippen LogP contribution in [0.25, 0.3) is 0 Å². The van der Waals surface area contributed by atoms with Crippen LogP contribution in [0.3, 0.4) is 0 Å². The van der Waals surface area contributed by atoms with Gasteiger partial charge in [0.05, 0.1) is 0 Å². The molecule has 1 unspecified atom stereocenters. The van der Waals surface area contributed by atoms with Gasteiger partial charge in [0, 0.05) is 49.0 Å². The van der Waals surface area contributed by atoms with Gasteiger partial charge in [0.1, 0.15) is 23.7 Å². The minimum absolute atomic E-state index is 0.262. The SMILES string of the molecule is Cc1cc(N2C[C@H]3CC[C@@H](C2)C3Nc2nc(Oc3cc(F)cc(Cl)c3)n(C)n2)ncn1. The van der Waals surface area contributed by atoms with Gasteiger partial charge in [-0.2, -0.15) is 4.98 Å². The fourth-order valence-corrected chi connectivity index (χ4v) is 4.83. The van der Waals surface area contributed by atoms with Crippen molar-refractivity contribution >= 4 is 23.4 Å². The molecule has 1 saturated heterocycles. The van der Waals surface area contributed by atoms with Crippen molar-refractivity contribution in [1.29, 1.82) is 0 Å². The molecular weight excluding hydrogens is 421 g/mol. The van der Waals surface area contributed by atoms with E-state index in [1.165, 1.54) is 22.9 Å². The molecule has 8 nitrogen and oxygen atoms in total. The summed E-state index contributed by atoms with van der Waals surface area (Å²) in [6, 6.07) is 6.62. The quantitative estimate of drug-likeness (QED) is 0.641. The Morgan fingerprint density at radius 1 is 1.13 bits per heavy atom. The van der Waals surface area contributed by atoms with Crippen LogP contribution >= 0.6 is 11.6 Å². The number of aryl methyl sites for hydroxylation is 2. The van der Waals surface area contributed by atoms with Crippen molar-refractivity contribution in [3.05, 3.63) is 47.1 Å². The van der Waals surface area contributed by atoms with Crippen LogP contribution in [0.1, 0.15) is 18.5 Å². The van der Waals surface area contributed by atoms with E-state index in [1.807, 2.05) is 13.0 Å². The van der Waals surface area contributed by atoms with E-state index in [9.17, 15) is 4.39 Å². The topological polar surface area (TPSA) is 81.0 Å². The van der Waals surface area contributed by atoms with E-state index < -0.39 is 5.82 Å². The Morgan fingerprint density at radius 2 is 1.90 bits per heavy atom. The first-order valence-corrected chi connectivity index (χ1v) is 10.7. The maximum atomic E-state index is 13.6. The van der Waals surface area contributed by atoms with Gasteiger partial charge < -0.3 is 15.0 Å². The summed E-state index contributed by atoms with van der Waals surface area (Å²) < 4.78 is 20.8. The first-order chi connectivity index (χ1) is 14.9. The lowest BCUT2D eigenvalue weighted by molar-refractivity contribution is 0.374. The van der Waals surface area contributed by atoms with Gasteiger partial charge in [-0.3, -0.25) is 0 Å². The molecule has 2 aromatic heterocycles. The number of piperidine rings is 1. The van der Waals surface area contributed by atoms with Crippen molar-refractivity contribution in [2.45, 2.75) is 25.8 Å². The Morgan fingerprint density at radius 3 is 2.61 bits per heavy atom. The number of ether oxygens (including phenoxy) is 1. The highest BCUT2D eigenvalue weighted by atomic mass is 35.5. The van der Waals surface area contributed by atoms with Crippen LogP contribution in [0.4, 0.5) is 16.2 Å². The fraction of sp³-hybridized carbons (Fsp3) is 0.429. The van der Waals surface area contributed by atoms with Gasteiger partial charge >= 0.3 is 6.01 Å². The number of aromatic nitrogens is 5. The second-order valence-corrected chi connectivity index (χ2v) is 8.68. The Hall–Kier alpha value is -2.94. The second-order valence-electron chi connectivity index (χ2n) is 8.24. The summed E-state index contributed by atoms with van der Waals surface area (Å²) in [4.78, 5) is 15.5. The van der Waals surface area contributed by atoms with E-state index in [0.717, 1.165) is 37.4 Å². The normalized spacial score (nSPS) is 22.6. The molecule has 0 spiro atoms. The number of nitrogens with one attached hydrogen (secondary N) is 1. The third kappa shape index (κ3) is 4.14. The van der Waals surface area contributed by atoms with Crippen molar-refractivity contribution < 1.29 is 9.13 Å². The van der Waals surface area contributed by atoms with Gasteiger partial charge in [0.25, 0.3) is 0 Å². The molecule has 31 heavy (non-hydrogen) atoms. The Bertz CT molecular complexity index is 1070. The molecule has 5 rings (SSSR count). The maximum Gasteiger partial charge on any atom is 0.321 e. The number of nitrogens with zero attached hydrogens (tertiary/aromatic N) is 6. The Balaban J connectivity index is 1.28. The van der Waals surface area contributed by atoms with Crippen LogP contribution in [0.2, 0.25) is 5.02 Å². The summed E-state index contributed by atoms with van der Waals surface area (Å²) in [6.07, 6.45) is 3.93. The average Bonchev–Trinajstić information content (AvgIpc) is 3.15. The molecule has 1 aliphatic carbocycles. The summed E-state index contributed by atoms with van der Waals surface area (Å²) in [5, 5.41) is 8.21. The lowest BCUT2D eigenvalue weighted by Gasteiger charge is -2.38. The molecule has 2 aliphatic rings. The molecule has 1 saturated carbocycles. The molecule has 2 bridgehead atoms. The minimum Gasteiger partial charge on any atom is -0.424 e. The number of anilines is 2. The smallest absolute Gasteiger partial charge is 0.321 e. The Kier molecular flexibility index (Phi) is 5.13. The van der Waals surface area contributed by atoms with Crippen molar-refractivity contribution in [3.63, 3.8) is 0 Å². The van der Waals surface area contributed by atoms with E-state index in [0.29, 0.717) is 17.8 Å². The molecule has 162 valence electrons. The van der Waals surface area contributed by atoms with Crippen molar-refractivity contribution in [1.82, 2.24) is 24.7 Å². The summed E-state index contributed by atoms with van der Waals surface area (Å²) in [6.45, 7) is 3.85.